The summed E-state index contributed by atoms with van der Waals surface area (Å²) in [6.07, 6.45) is 3.46. The van der Waals surface area contributed by atoms with Crippen molar-refractivity contribution in [2.45, 2.75) is 0 Å². The van der Waals surface area contributed by atoms with E-state index in [1.165, 1.54) is 0 Å². The van der Waals surface area contributed by atoms with E-state index in [0.29, 0.717) is 5.02 Å². The maximum Gasteiger partial charge on any atom is 0.0432 e. The van der Waals surface area contributed by atoms with Crippen LogP contribution in [-0.2, 0) is 0 Å². The van der Waals surface area contributed by atoms with Crippen LogP contribution in [0.25, 0.3) is 0 Å². The van der Waals surface area contributed by atoms with Crippen LogP contribution in [0.1, 0.15) is 11.1 Å². The first-order chi connectivity index (χ1) is 7.34. The van der Waals surface area contributed by atoms with Gasteiger partial charge in [-0.05, 0) is 30.3 Å². The molecular weight excluding hydrogens is 206 g/mol. The molecule has 0 saturated heterocycles. The second-order valence-corrected chi connectivity index (χ2v) is 3.44. The van der Waals surface area contributed by atoms with Gasteiger partial charge in [0.2, 0.25) is 0 Å². The zero-order valence-corrected chi connectivity index (χ0v) is 8.70. The highest BCUT2D eigenvalue weighted by Gasteiger charge is 1.88. The highest BCUT2D eigenvalue weighted by molar-refractivity contribution is 6.30. The van der Waals surface area contributed by atoms with Crippen molar-refractivity contribution >= 4 is 11.6 Å². The number of hydrogen-bond acceptors (Lipinski definition) is 1. The van der Waals surface area contributed by atoms with Crippen LogP contribution >= 0.6 is 11.6 Å². The third-order valence-corrected chi connectivity index (χ3v) is 2.07. The van der Waals surface area contributed by atoms with Crippen LogP contribution < -0.4 is 0 Å². The molecule has 0 amide bonds. The highest BCUT2D eigenvalue weighted by atomic mass is 35.5. The van der Waals surface area contributed by atoms with E-state index in [0.717, 1.165) is 11.1 Å². The van der Waals surface area contributed by atoms with Gasteiger partial charge in [0.25, 0.3) is 0 Å². The van der Waals surface area contributed by atoms with Gasteiger partial charge >= 0.3 is 0 Å². The van der Waals surface area contributed by atoms with Crippen molar-refractivity contribution in [2.24, 2.45) is 0 Å². The van der Waals surface area contributed by atoms with Crippen molar-refractivity contribution in [3.05, 3.63) is 64.9 Å². The van der Waals surface area contributed by atoms with Gasteiger partial charge in [0, 0.05) is 28.5 Å². The molecular formula is C13H8ClN. The Morgan fingerprint density at radius 1 is 1.00 bits per heavy atom. The second-order valence-electron chi connectivity index (χ2n) is 3.00. The van der Waals surface area contributed by atoms with E-state index in [1.807, 2.05) is 36.4 Å². The van der Waals surface area contributed by atoms with E-state index in [2.05, 4.69) is 16.8 Å². The Kier molecular flexibility index (Phi) is 3.02. The summed E-state index contributed by atoms with van der Waals surface area (Å²) in [5.74, 6) is 6.04. The van der Waals surface area contributed by atoms with Gasteiger partial charge in [0.1, 0.15) is 0 Å². The van der Waals surface area contributed by atoms with Crippen LogP contribution in [0.5, 0.6) is 0 Å². The maximum atomic E-state index is 5.85. The summed E-state index contributed by atoms with van der Waals surface area (Å²) in [5.41, 5.74) is 1.81. The molecule has 0 aliphatic rings. The molecule has 2 rings (SSSR count). The highest BCUT2D eigenvalue weighted by Crippen LogP contribution is 2.09. The van der Waals surface area contributed by atoms with Crippen LogP contribution in [-0.4, -0.2) is 4.98 Å². The smallest absolute Gasteiger partial charge is 0.0432 e. The van der Waals surface area contributed by atoms with Crippen molar-refractivity contribution in [1.82, 2.24) is 4.98 Å². The fraction of sp³-hybridized carbons (Fsp3) is 0. The molecule has 0 atom stereocenters. The van der Waals surface area contributed by atoms with Gasteiger partial charge in [-0.3, -0.25) is 4.98 Å². The van der Waals surface area contributed by atoms with Gasteiger partial charge in [-0.25, -0.2) is 0 Å². The third-order valence-electron chi connectivity index (χ3n) is 1.84. The lowest BCUT2D eigenvalue weighted by atomic mass is 10.2. The average Bonchev–Trinajstić information content (AvgIpc) is 2.28. The number of pyridine rings is 1. The zero-order valence-electron chi connectivity index (χ0n) is 7.94. The van der Waals surface area contributed by atoms with E-state index in [-0.39, 0.29) is 0 Å². The van der Waals surface area contributed by atoms with Crippen molar-refractivity contribution < 1.29 is 0 Å². The van der Waals surface area contributed by atoms with Gasteiger partial charge in [-0.2, -0.15) is 0 Å². The van der Waals surface area contributed by atoms with E-state index < -0.39 is 0 Å². The summed E-state index contributed by atoms with van der Waals surface area (Å²) < 4.78 is 0. The standard InChI is InChI=1S/C13H8ClN/c14-13-5-1-3-11(9-13)6-7-12-4-2-8-15-10-12/h1-5,8-10H. The average molecular weight is 214 g/mol. The molecule has 15 heavy (non-hydrogen) atoms. The summed E-state index contributed by atoms with van der Waals surface area (Å²) in [4.78, 5) is 3.99. The molecule has 0 N–H and O–H groups in total. The molecule has 0 aliphatic heterocycles. The summed E-state index contributed by atoms with van der Waals surface area (Å²) in [7, 11) is 0. The second kappa shape index (κ2) is 4.63. The number of rotatable bonds is 0. The van der Waals surface area contributed by atoms with Gasteiger partial charge < -0.3 is 0 Å². The van der Waals surface area contributed by atoms with Crippen LogP contribution in [0.3, 0.4) is 0 Å². The van der Waals surface area contributed by atoms with Crippen molar-refractivity contribution in [3.63, 3.8) is 0 Å². The third kappa shape index (κ3) is 2.83. The predicted molar refractivity (Wildman–Crippen MR) is 61.7 cm³/mol. The van der Waals surface area contributed by atoms with Gasteiger partial charge in [0.15, 0.2) is 0 Å². The fourth-order valence-electron chi connectivity index (χ4n) is 1.15. The Morgan fingerprint density at radius 3 is 2.53 bits per heavy atom. The minimum atomic E-state index is 0.702. The number of hydrogen-bond donors (Lipinski definition) is 0. The maximum absolute atomic E-state index is 5.85. The van der Waals surface area contributed by atoms with E-state index in [9.17, 15) is 0 Å². The van der Waals surface area contributed by atoms with Gasteiger partial charge in [0.05, 0.1) is 0 Å². The van der Waals surface area contributed by atoms with Crippen LogP contribution in [0.2, 0.25) is 5.02 Å². The molecule has 1 aromatic carbocycles. The molecule has 0 aliphatic carbocycles. The lowest BCUT2D eigenvalue weighted by Gasteiger charge is -1.90. The zero-order chi connectivity index (χ0) is 10.5. The minimum absolute atomic E-state index is 0.702. The molecule has 1 aromatic heterocycles. The van der Waals surface area contributed by atoms with Gasteiger partial charge in [-0.1, -0.05) is 29.5 Å². The Hall–Kier alpha value is -1.78. The quantitative estimate of drug-likeness (QED) is 0.613. The number of aromatic nitrogens is 1. The molecule has 0 bridgehead atoms. The SMILES string of the molecule is Clc1cccc(C#Cc2cccnc2)c1. The molecule has 1 heterocycles. The molecule has 0 saturated carbocycles. The van der Waals surface area contributed by atoms with Crippen molar-refractivity contribution in [1.29, 1.82) is 0 Å². The minimum Gasteiger partial charge on any atom is -0.263 e. The summed E-state index contributed by atoms with van der Waals surface area (Å²) in [6.45, 7) is 0. The topological polar surface area (TPSA) is 12.9 Å². The van der Waals surface area contributed by atoms with Crippen LogP contribution in [0.15, 0.2) is 48.8 Å². The first-order valence-corrected chi connectivity index (χ1v) is 4.90. The van der Waals surface area contributed by atoms with E-state index >= 15 is 0 Å². The largest absolute Gasteiger partial charge is 0.263 e. The lowest BCUT2D eigenvalue weighted by Crippen LogP contribution is -1.77. The lowest BCUT2D eigenvalue weighted by molar-refractivity contribution is 1.31. The molecule has 0 unspecified atom stereocenters. The Morgan fingerprint density at radius 2 is 1.80 bits per heavy atom. The fourth-order valence-corrected chi connectivity index (χ4v) is 1.34. The summed E-state index contributed by atoms with van der Waals surface area (Å²) >= 11 is 5.85. The summed E-state index contributed by atoms with van der Waals surface area (Å²) in [6, 6.07) is 11.3. The molecule has 72 valence electrons. The monoisotopic (exact) mass is 213 g/mol. The molecule has 0 fully saturated rings. The number of halogens is 1. The molecule has 1 nitrogen and oxygen atoms in total. The first kappa shape index (κ1) is 9.76. The van der Waals surface area contributed by atoms with Crippen LogP contribution in [0, 0.1) is 11.8 Å². The first-order valence-electron chi connectivity index (χ1n) is 4.52. The Balaban J connectivity index is 2.26. The van der Waals surface area contributed by atoms with Crippen molar-refractivity contribution in [2.75, 3.05) is 0 Å². The molecule has 0 radical (unpaired) electrons. The van der Waals surface area contributed by atoms with Crippen LogP contribution in [0.4, 0.5) is 0 Å². The molecule has 0 spiro atoms. The normalized spacial score (nSPS) is 9.13. The summed E-state index contributed by atoms with van der Waals surface area (Å²) in [5, 5.41) is 0.702. The molecule has 2 aromatic rings. The number of benzene rings is 1. The van der Waals surface area contributed by atoms with Crippen molar-refractivity contribution in [3.8, 4) is 11.8 Å². The molecule has 2 heteroatoms. The van der Waals surface area contributed by atoms with E-state index in [4.69, 9.17) is 11.6 Å². The Bertz CT molecular complexity index is 509. The Labute approximate surface area is 93.7 Å². The number of nitrogens with zero attached hydrogens (tertiary/aromatic N) is 1. The van der Waals surface area contributed by atoms with Gasteiger partial charge in [-0.15, -0.1) is 0 Å². The van der Waals surface area contributed by atoms with E-state index in [1.54, 1.807) is 12.4 Å². The predicted octanol–water partition coefficient (Wildman–Crippen LogP) is 3.13.